The molecule has 2 aromatic heterocycles. The van der Waals surface area contributed by atoms with E-state index in [0.717, 1.165) is 22.4 Å². The number of phosphoric acid groups is 3. The van der Waals surface area contributed by atoms with Crippen LogP contribution in [0.4, 0.5) is 0 Å². The van der Waals surface area contributed by atoms with Crippen LogP contribution in [0.1, 0.15) is 38.2 Å². The highest BCUT2D eigenvalue weighted by molar-refractivity contribution is 7.65. The summed E-state index contributed by atoms with van der Waals surface area (Å²) < 4.78 is 58.1. The fourth-order valence-electron chi connectivity index (χ4n) is 4.81. The zero-order valence-electron chi connectivity index (χ0n) is 26.1. The molecule has 6 N–H and O–H groups in total. The maximum Gasteiger partial charge on any atom is 0.330 e. The van der Waals surface area contributed by atoms with Gasteiger partial charge in [-0.3, -0.25) is 32.4 Å². The van der Waals surface area contributed by atoms with Crippen molar-refractivity contribution in [3.63, 3.8) is 0 Å². The van der Waals surface area contributed by atoms with Crippen molar-refractivity contribution < 1.29 is 81.4 Å². The van der Waals surface area contributed by atoms with Gasteiger partial charge in [-0.2, -0.15) is 0 Å². The minimum Gasteiger partial charge on any atom is -0.756 e. The molecule has 0 saturated carbocycles. The number of hydrogen-bond acceptors (Lipinski definition) is 20. The minimum absolute atomic E-state index is 0. The average Bonchev–Trinajstić information content (AvgIpc) is 3.45. The Bertz CT molecular complexity index is 1950. The molecule has 300 valence electrons. The molecule has 2 aliphatic rings. The summed E-state index contributed by atoms with van der Waals surface area (Å²) in [7, 11) is -12.6. The predicted molar refractivity (Wildman–Crippen MR) is 167 cm³/mol. The molecule has 2 saturated heterocycles. The van der Waals surface area contributed by atoms with Crippen LogP contribution in [0.3, 0.4) is 0 Å². The molecule has 2 fully saturated rings. The smallest absolute Gasteiger partial charge is 0.330 e. The second-order valence-corrected chi connectivity index (χ2v) is 15.1. The lowest BCUT2D eigenvalue weighted by Gasteiger charge is -2.33. The Morgan fingerprint density at radius 1 is 0.692 bits per heavy atom. The van der Waals surface area contributed by atoms with Gasteiger partial charge in [0.1, 0.15) is 48.8 Å². The molecule has 0 aliphatic carbocycles. The van der Waals surface area contributed by atoms with Crippen molar-refractivity contribution in [1.29, 1.82) is 0 Å². The Hall–Kier alpha value is -2.51. The first-order valence-electron chi connectivity index (χ1n) is 13.7. The van der Waals surface area contributed by atoms with Crippen LogP contribution in [-0.4, -0.2) is 98.5 Å². The lowest BCUT2D eigenvalue weighted by molar-refractivity contribution is -0.250. The molecule has 2 aliphatic heterocycles. The number of ether oxygens (including phenoxy) is 2. The van der Waals surface area contributed by atoms with Crippen molar-refractivity contribution in [3.05, 3.63) is 65.2 Å². The quantitative estimate of drug-likeness (QED) is 0.122. The summed E-state index contributed by atoms with van der Waals surface area (Å²) in [5.74, 6) is 0. The van der Waals surface area contributed by atoms with E-state index in [2.05, 4.69) is 13.1 Å². The summed E-state index contributed by atoms with van der Waals surface area (Å²) in [4.78, 5) is 89.0. The van der Waals surface area contributed by atoms with Gasteiger partial charge in [0.2, 0.25) is 0 Å². The van der Waals surface area contributed by atoms with Gasteiger partial charge in [-0.05, 0) is 0 Å². The molecular formula is C24H40N4O21P3-3. The molecule has 28 heteroatoms. The number of aliphatic hydroxyl groups is 5. The van der Waals surface area contributed by atoms with Gasteiger partial charge >= 0.3 is 11.4 Å². The summed E-state index contributed by atoms with van der Waals surface area (Å²) in [6, 6.07) is 0. The number of aryl methyl sites for hydroxylation is 2. The first-order valence-corrected chi connectivity index (χ1v) is 18.1. The fourth-order valence-corrected chi connectivity index (χ4v) is 7.71. The van der Waals surface area contributed by atoms with E-state index in [1.165, 1.54) is 31.9 Å². The number of aliphatic hydroxyl groups excluding tert-OH is 5. The van der Waals surface area contributed by atoms with E-state index in [0.29, 0.717) is 4.57 Å². The number of nitrogens with zero attached hydrogens (tertiary/aromatic N) is 4. The Morgan fingerprint density at radius 3 is 1.44 bits per heavy atom. The molecule has 0 bridgehead atoms. The lowest BCUT2D eigenvalue weighted by Crippen LogP contribution is -2.40. The van der Waals surface area contributed by atoms with Gasteiger partial charge in [-0.1, -0.05) is 14.9 Å². The van der Waals surface area contributed by atoms with E-state index < -0.39 is 108 Å². The van der Waals surface area contributed by atoms with Crippen LogP contribution >= 0.6 is 23.5 Å². The zero-order valence-corrected chi connectivity index (χ0v) is 28.8. The van der Waals surface area contributed by atoms with Crippen molar-refractivity contribution in [2.45, 2.75) is 63.7 Å². The van der Waals surface area contributed by atoms with E-state index >= 15 is 0 Å². The number of phosphoric ester groups is 1. The van der Waals surface area contributed by atoms with Gasteiger partial charge in [0.25, 0.3) is 34.6 Å². The van der Waals surface area contributed by atoms with Crippen LogP contribution in [-0.2, 0) is 64.5 Å². The van der Waals surface area contributed by atoms with Crippen LogP contribution in [0.15, 0.2) is 31.6 Å². The first-order chi connectivity index (χ1) is 22.8. The molecule has 11 atom stereocenters. The molecule has 0 spiro atoms. The third kappa shape index (κ3) is 10.8. The molecule has 4 heterocycles. The Balaban J connectivity index is 0.000000554. The van der Waals surface area contributed by atoms with Crippen LogP contribution in [0.5, 0.6) is 0 Å². The topological polar surface area (TPSA) is 376 Å². The maximum absolute atomic E-state index is 12.3. The summed E-state index contributed by atoms with van der Waals surface area (Å²) in [6.07, 6.45) is -9.10. The molecule has 4 rings (SSSR count). The summed E-state index contributed by atoms with van der Waals surface area (Å²) in [5.41, 5.74) is -2.85. The second-order valence-electron chi connectivity index (χ2n) is 10.8. The van der Waals surface area contributed by atoms with Gasteiger partial charge in [0.15, 0.2) is 0 Å². The highest BCUT2D eigenvalue weighted by Gasteiger charge is 2.46. The zero-order chi connectivity index (χ0) is 38.3. The summed E-state index contributed by atoms with van der Waals surface area (Å²) in [5, 5.41) is 48.7. The highest BCUT2D eigenvalue weighted by Crippen LogP contribution is 2.61. The van der Waals surface area contributed by atoms with E-state index in [9.17, 15) is 68.0 Å². The first kappa shape index (κ1) is 47.5. The Labute approximate surface area is 293 Å². The minimum atomic E-state index is -6.11. The third-order valence-electron chi connectivity index (χ3n) is 7.26. The number of rotatable bonds is 10. The van der Waals surface area contributed by atoms with Gasteiger partial charge in [0, 0.05) is 40.6 Å². The summed E-state index contributed by atoms with van der Waals surface area (Å²) in [6.45, 7) is -1.61. The fraction of sp³-hybridized carbons (Fsp3) is 0.667. The third-order valence-corrected chi connectivity index (χ3v) is 11.0. The Morgan fingerprint density at radius 2 is 1.08 bits per heavy atom. The Kier molecular flexibility index (Phi) is 16.2. The van der Waals surface area contributed by atoms with E-state index in [-0.39, 0.29) is 26.0 Å². The predicted octanol–water partition coefficient (Wildman–Crippen LogP) is -5.80. The molecule has 0 aromatic carbocycles. The maximum atomic E-state index is 12.3. The molecule has 2 aromatic rings. The molecular weight excluding hydrogens is 773 g/mol. The molecule has 0 amide bonds. The monoisotopic (exact) mass is 813 g/mol. The van der Waals surface area contributed by atoms with Gasteiger partial charge in [-0.25, -0.2) is 18.2 Å². The van der Waals surface area contributed by atoms with Crippen molar-refractivity contribution in [1.82, 2.24) is 18.3 Å². The second kappa shape index (κ2) is 17.8. The van der Waals surface area contributed by atoms with Gasteiger partial charge < -0.3 is 68.2 Å². The van der Waals surface area contributed by atoms with E-state index in [4.69, 9.17) is 19.5 Å². The van der Waals surface area contributed by atoms with Gasteiger partial charge in [-0.15, -0.1) is 0 Å². The standard InChI is InChI=1S/C11H19N2O15P3.C11H16N2O6.2CH4/c1-12-3-5(10(16)13(2)11(12)17)9-8(15)7(14)6(26-9)4-25-30(21,22)28-31(23,24)27-29(18,19)20;1-12-3-5(10(17)13(2)11(12)18)9-8(16)7(15)6(4-14)19-9;;/h3,6-9,14-15H,4H2,1-2H3,(H,21,22)(H,23,24)(H2,18,19,20);3,6-9,14-16H,4H2,1-2H3;2*1H4/p-3/t2*6-,7+,8?,9+;;/m11../s1. The molecule has 25 nitrogen and oxygen atoms in total. The molecule has 5 unspecified atom stereocenters. The van der Waals surface area contributed by atoms with Crippen LogP contribution in [0, 0.1) is 0 Å². The molecule has 52 heavy (non-hydrogen) atoms. The van der Waals surface area contributed by atoms with Crippen LogP contribution in [0.25, 0.3) is 0 Å². The normalized spacial score (nSPS) is 29.0. The van der Waals surface area contributed by atoms with Crippen molar-refractivity contribution in [2.75, 3.05) is 13.2 Å². The average molecular weight is 814 g/mol. The lowest BCUT2D eigenvalue weighted by atomic mass is 10.0. The van der Waals surface area contributed by atoms with E-state index in [1.54, 1.807) is 0 Å². The van der Waals surface area contributed by atoms with Crippen molar-refractivity contribution in [3.8, 4) is 0 Å². The van der Waals surface area contributed by atoms with Gasteiger partial charge in [0.05, 0.1) is 24.3 Å². The highest BCUT2D eigenvalue weighted by atomic mass is 31.3. The van der Waals surface area contributed by atoms with Crippen LogP contribution in [0.2, 0.25) is 0 Å². The van der Waals surface area contributed by atoms with Crippen LogP contribution < -0.4 is 37.2 Å². The molecule has 0 radical (unpaired) electrons. The van der Waals surface area contributed by atoms with Crippen molar-refractivity contribution in [2.24, 2.45) is 28.2 Å². The van der Waals surface area contributed by atoms with E-state index in [1.807, 2.05) is 0 Å². The largest absolute Gasteiger partial charge is 0.756 e. The number of aromatic nitrogens is 4. The SMILES string of the molecule is C.C.Cn1cc([C@@H]2O[C@H](CO)[C@H](O)C2O)c(=O)n(C)c1=O.Cn1cc([C@@H]2O[C@H](COP(=O)([O-])OP(=O)([O-])OP(=O)([O-])O)[C@H](O)C2O)c(=O)n(C)c1=O. The number of hydrogen-bond donors (Lipinski definition) is 6. The van der Waals surface area contributed by atoms with Crippen molar-refractivity contribution >= 4 is 23.5 Å². The summed E-state index contributed by atoms with van der Waals surface area (Å²) >= 11 is 0.